The standard InChI is InChI=1S/C16H14N2O4/c1-8-12(21-2)6-11(19)14-13(8)15(20)18-10-4-3-5-17-9(10)7-22-16(14)18/h3-6,16,19H,7H2,1-2H3. The Kier molecular flexibility index (Phi) is 2.65. The van der Waals surface area contributed by atoms with Crippen LogP contribution in [0.2, 0.25) is 0 Å². The lowest BCUT2D eigenvalue weighted by atomic mass is 10.0. The molecule has 3 heterocycles. The van der Waals surface area contributed by atoms with Crippen LogP contribution in [0.25, 0.3) is 0 Å². The molecule has 1 aromatic heterocycles. The molecule has 0 radical (unpaired) electrons. The summed E-state index contributed by atoms with van der Waals surface area (Å²) in [5.74, 6) is 0.280. The van der Waals surface area contributed by atoms with Gasteiger partial charge in [0.05, 0.1) is 36.2 Å². The predicted octanol–water partition coefficient (Wildman–Crippen LogP) is 2.29. The van der Waals surface area contributed by atoms with E-state index in [-0.39, 0.29) is 11.7 Å². The highest BCUT2D eigenvalue weighted by Gasteiger charge is 2.45. The molecule has 1 aromatic carbocycles. The van der Waals surface area contributed by atoms with E-state index in [1.165, 1.54) is 13.2 Å². The van der Waals surface area contributed by atoms with E-state index < -0.39 is 6.23 Å². The first-order valence-corrected chi connectivity index (χ1v) is 6.93. The van der Waals surface area contributed by atoms with Crippen LogP contribution >= 0.6 is 0 Å². The Bertz CT molecular complexity index is 803. The van der Waals surface area contributed by atoms with Gasteiger partial charge in [-0.05, 0) is 19.1 Å². The van der Waals surface area contributed by atoms with Gasteiger partial charge in [0.25, 0.3) is 5.91 Å². The quantitative estimate of drug-likeness (QED) is 0.874. The van der Waals surface area contributed by atoms with Gasteiger partial charge in [-0.1, -0.05) is 0 Å². The van der Waals surface area contributed by atoms with E-state index in [0.29, 0.717) is 34.7 Å². The Balaban J connectivity index is 1.96. The predicted molar refractivity (Wildman–Crippen MR) is 78.0 cm³/mol. The number of nitrogens with zero attached hydrogens (tertiary/aromatic N) is 2. The van der Waals surface area contributed by atoms with Crippen LogP contribution in [-0.2, 0) is 11.3 Å². The summed E-state index contributed by atoms with van der Waals surface area (Å²) in [4.78, 5) is 18.7. The Morgan fingerprint density at radius 1 is 1.50 bits per heavy atom. The monoisotopic (exact) mass is 298 g/mol. The molecule has 0 spiro atoms. The molecule has 1 amide bonds. The van der Waals surface area contributed by atoms with Crippen molar-refractivity contribution in [1.82, 2.24) is 4.98 Å². The number of aromatic nitrogens is 1. The first-order chi connectivity index (χ1) is 10.6. The normalized spacial score (nSPS) is 18.7. The Morgan fingerprint density at radius 2 is 2.32 bits per heavy atom. The zero-order valence-corrected chi connectivity index (χ0v) is 12.2. The third-order valence-corrected chi connectivity index (χ3v) is 4.20. The molecule has 0 saturated heterocycles. The molecule has 2 aliphatic rings. The van der Waals surface area contributed by atoms with Gasteiger partial charge in [0.2, 0.25) is 0 Å². The molecule has 0 fully saturated rings. The van der Waals surface area contributed by atoms with Crippen LogP contribution in [0.1, 0.15) is 33.4 Å². The van der Waals surface area contributed by atoms with E-state index in [4.69, 9.17) is 9.47 Å². The average Bonchev–Trinajstić information content (AvgIpc) is 2.85. The first-order valence-electron chi connectivity index (χ1n) is 6.93. The maximum Gasteiger partial charge on any atom is 0.261 e. The number of phenols is 1. The number of methoxy groups -OCH3 is 1. The van der Waals surface area contributed by atoms with E-state index in [9.17, 15) is 9.90 Å². The van der Waals surface area contributed by atoms with Crippen LogP contribution < -0.4 is 9.64 Å². The molecule has 4 rings (SSSR count). The maximum atomic E-state index is 12.9. The average molecular weight is 298 g/mol. The fraction of sp³-hybridized carbons (Fsp3) is 0.250. The van der Waals surface area contributed by atoms with E-state index in [1.807, 2.05) is 6.07 Å². The van der Waals surface area contributed by atoms with Crippen molar-refractivity contribution in [2.45, 2.75) is 19.8 Å². The van der Waals surface area contributed by atoms with E-state index >= 15 is 0 Å². The van der Waals surface area contributed by atoms with Crippen LogP contribution in [-0.4, -0.2) is 23.1 Å². The highest BCUT2D eigenvalue weighted by Crippen LogP contribution is 2.49. The molecular formula is C16H14N2O4. The zero-order chi connectivity index (χ0) is 15.4. The number of hydrogen-bond donors (Lipinski definition) is 1. The molecule has 0 aliphatic carbocycles. The van der Waals surface area contributed by atoms with Crippen molar-refractivity contribution in [2.24, 2.45) is 0 Å². The number of amides is 1. The number of pyridine rings is 1. The third kappa shape index (κ3) is 1.52. The van der Waals surface area contributed by atoms with Crippen LogP contribution in [0, 0.1) is 6.92 Å². The summed E-state index contributed by atoms with van der Waals surface area (Å²) < 4.78 is 11.0. The molecule has 1 atom stereocenters. The number of carbonyl (C=O) groups is 1. The topological polar surface area (TPSA) is 71.9 Å². The lowest BCUT2D eigenvalue weighted by molar-refractivity contribution is 0.0286. The third-order valence-electron chi connectivity index (χ3n) is 4.20. The summed E-state index contributed by atoms with van der Waals surface area (Å²) >= 11 is 0. The Morgan fingerprint density at radius 3 is 3.09 bits per heavy atom. The second-order valence-electron chi connectivity index (χ2n) is 5.32. The molecular weight excluding hydrogens is 284 g/mol. The van der Waals surface area contributed by atoms with E-state index in [1.54, 1.807) is 24.1 Å². The fourth-order valence-electron chi connectivity index (χ4n) is 3.17. The zero-order valence-electron chi connectivity index (χ0n) is 12.2. The van der Waals surface area contributed by atoms with Crippen molar-refractivity contribution >= 4 is 11.6 Å². The molecule has 0 bridgehead atoms. The highest BCUT2D eigenvalue weighted by molar-refractivity contribution is 6.13. The first kappa shape index (κ1) is 13.1. The number of hydrogen-bond acceptors (Lipinski definition) is 5. The SMILES string of the molecule is COc1cc(O)c2c(c1C)C(=O)N1c3cccnc3COC21. The van der Waals surface area contributed by atoms with E-state index in [0.717, 1.165) is 5.69 Å². The molecule has 112 valence electrons. The van der Waals surface area contributed by atoms with Gasteiger partial charge in [-0.25, -0.2) is 0 Å². The molecule has 2 aromatic rings. The number of fused-ring (bicyclic) bond motifs is 5. The van der Waals surface area contributed by atoms with Gasteiger partial charge < -0.3 is 14.6 Å². The van der Waals surface area contributed by atoms with Crippen molar-refractivity contribution in [3.05, 3.63) is 46.8 Å². The number of benzene rings is 1. The molecule has 1 N–H and O–H groups in total. The van der Waals surface area contributed by atoms with Gasteiger partial charge in [0, 0.05) is 17.8 Å². The second-order valence-corrected chi connectivity index (χ2v) is 5.32. The summed E-state index contributed by atoms with van der Waals surface area (Å²) in [7, 11) is 1.51. The lowest BCUT2D eigenvalue weighted by Gasteiger charge is -2.31. The minimum Gasteiger partial charge on any atom is -0.507 e. The largest absolute Gasteiger partial charge is 0.507 e. The summed E-state index contributed by atoms with van der Waals surface area (Å²) in [6.45, 7) is 2.10. The Labute approximate surface area is 126 Å². The number of anilines is 1. The van der Waals surface area contributed by atoms with Crippen molar-refractivity contribution < 1.29 is 19.4 Å². The number of rotatable bonds is 1. The van der Waals surface area contributed by atoms with Gasteiger partial charge in [0.15, 0.2) is 6.23 Å². The van der Waals surface area contributed by atoms with Gasteiger partial charge in [0.1, 0.15) is 11.5 Å². The van der Waals surface area contributed by atoms with Crippen LogP contribution in [0.15, 0.2) is 24.4 Å². The summed E-state index contributed by atoms with van der Waals surface area (Å²) in [6.07, 6.45) is 1.05. The van der Waals surface area contributed by atoms with Crippen LogP contribution in [0.4, 0.5) is 5.69 Å². The molecule has 2 aliphatic heterocycles. The molecule has 6 heteroatoms. The number of phenolic OH excluding ortho intramolecular Hbond substituents is 1. The molecule has 6 nitrogen and oxygen atoms in total. The smallest absolute Gasteiger partial charge is 0.261 e. The van der Waals surface area contributed by atoms with Crippen LogP contribution in [0.5, 0.6) is 11.5 Å². The number of ether oxygens (including phenoxy) is 2. The fourth-order valence-corrected chi connectivity index (χ4v) is 3.17. The maximum absolute atomic E-state index is 12.9. The minimum absolute atomic E-state index is 0.00522. The minimum atomic E-state index is -0.621. The molecule has 22 heavy (non-hydrogen) atoms. The van der Waals surface area contributed by atoms with Crippen LogP contribution in [0.3, 0.4) is 0 Å². The highest BCUT2D eigenvalue weighted by atomic mass is 16.5. The summed E-state index contributed by atoms with van der Waals surface area (Å²) in [5.41, 5.74) is 3.07. The lowest BCUT2D eigenvalue weighted by Crippen LogP contribution is -2.34. The van der Waals surface area contributed by atoms with Crippen molar-refractivity contribution in [3.63, 3.8) is 0 Å². The molecule has 0 saturated carbocycles. The molecule has 1 unspecified atom stereocenters. The van der Waals surface area contributed by atoms with Crippen molar-refractivity contribution in [1.29, 1.82) is 0 Å². The second kappa shape index (κ2) is 4.45. The number of aromatic hydroxyl groups is 1. The number of carbonyl (C=O) groups excluding carboxylic acids is 1. The van der Waals surface area contributed by atoms with Gasteiger partial charge >= 0.3 is 0 Å². The summed E-state index contributed by atoms with van der Waals surface area (Å²) in [6, 6.07) is 5.14. The van der Waals surface area contributed by atoms with E-state index in [2.05, 4.69) is 4.98 Å². The Hall–Kier alpha value is -2.60. The van der Waals surface area contributed by atoms with Gasteiger partial charge in [-0.2, -0.15) is 0 Å². The van der Waals surface area contributed by atoms with Gasteiger partial charge in [-0.15, -0.1) is 0 Å². The summed E-state index contributed by atoms with van der Waals surface area (Å²) in [5, 5.41) is 10.3. The van der Waals surface area contributed by atoms with Gasteiger partial charge in [-0.3, -0.25) is 14.7 Å². The van der Waals surface area contributed by atoms with Crippen molar-refractivity contribution in [2.75, 3.05) is 12.0 Å². The van der Waals surface area contributed by atoms with Crippen molar-refractivity contribution in [3.8, 4) is 11.5 Å².